The van der Waals surface area contributed by atoms with E-state index < -0.39 is 0 Å². The summed E-state index contributed by atoms with van der Waals surface area (Å²) in [6.07, 6.45) is 0.711. The van der Waals surface area contributed by atoms with Crippen molar-refractivity contribution in [3.8, 4) is 0 Å². The lowest BCUT2D eigenvalue weighted by Gasteiger charge is -2.11. The summed E-state index contributed by atoms with van der Waals surface area (Å²) in [6.45, 7) is 3.13. The van der Waals surface area contributed by atoms with Gasteiger partial charge in [-0.2, -0.15) is 0 Å². The van der Waals surface area contributed by atoms with Crippen molar-refractivity contribution in [1.29, 1.82) is 0 Å². The number of carbonyl (C=O) groups excluding carboxylic acids is 2. The van der Waals surface area contributed by atoms with Gasteiger partial charge in [-0.3, -0.25) is 9.59 Å². The first kappa shape index (κ1) is 19.4. The van der Waals surface area contributed by atoms with Crippen LogP contribution in [-0.4, -0.2) is 39.0 Å². The molecule has 21 heavy (non-hydrogen) atoms. The van der Waals surface area contributed by atoms with Crippen molar-refractivity contribution in [3.05, 3.63) is 35.4 Å². The second kappa shape index (κ2) is 10.2. The predicted molar refractivity (Wildman–Crippen MR) is 86.9 cm³/mol. The maximum Gasteiger partial charge on any atom is 0.251 e. The summed E-state index contributed by atoms with van der Waals surface area (Å²) in [6, 6.07) is 7.43. The van der Waals surface area contributed by atoms with Gasteiger partial charge in [0.05, 0.1) is 0 Å². The molecule has 118 valence electrons. The molecule has 3 N–H and O–H groups in total. The summed E-state index contributed by atoms with van der Waals surface area (Å²) in [7, 11) is 3.44. The molecule has 2 amide bonds. The molecule has 0 saturated heterocycles. The molecule has 1 unspecified atom stereocenters. The molecule has 0 heterocycles. The molecule has 1 atom stereocenters. The Bertz CT molecular complexity index is 466. The highest BCUT2D eigenvalue weighted by Crippen LogP contribution is 2.05. The van der Waals surface area contributed by atoms with Gasteiger partial charge in [0.15, 0.2) is 0 Å². The number of hydrogen-bond donors (Lipinski definition) is 3. The van der Waals surface area contributed by atoms with Gasteiger partial charge in [0, 0.05) is 31.6 Å². The van der Waals surface area contributed by atoms with E-state index in [0.717, 1.165) is 5.56 Å². The third-order valence-electron chi connectivity index (χ3n) is 3.09. The molecule has 0 aliphatic carbocycles. The van der Waals surface area contributed by atoms with Gasteiger partial charge in [0.25, 0.3) is 5.91 Å². The van der Waals surface area contributed by atoms with Crippen LogP contribution >= 0.6 is 12.4 Å². The van der Waals surface area contributed by atoms with Gasteiger partial charge in [-0.05, 0) is 31.2 Å². The van der Waals surface area contributed by atoms with E-state index in [2.05, 4.69) is 16.0 Å². The quantitative estimate of drug-likeness (QED) is 0.703. The van der Waals surface area contributed by atoms with Crippen LogP contribution in [-0.2, 0) is 11.2 Å². The molecule has 0 spiro atoms. The molecular weight excluding hydrogens is 290 g/mol. The molecule has 0 aliphatic rings. The first-order chi connectivity index (χ1) is 9.58. The van der Waals surface area contributed by atoms with E-state index in [1.807, 2.05) is 32.2 Å². The lowest BCUT2D eigenvalue weighted by atomic mass is 10.1. The van der Waals surface area contributed by atoms with Crippen LogP contribution in [0.25, 0.3) is 0 Å². The Balaban J connectivity index is 0.00000400. The Hall–Kier alpha value is -1.59. The zero-order chi connectivity index (χ0) is 15.0. The van der Waals surface area contributed by atoms with Crippen molar-refractivity contribution in [2.24, 2.45) is 5.92 Å². The second-order valence-electron chi connectivity index (χ2n) is 4.78. The fourth-order valence-electron chi connectivity index (χ4n) is 1.92. The van der Waals surface area contributed by atoms with Gasteiger partial charge in [-0.25, -0.2) is 0 Å². The van der Waals surface area contributed by atoms with Crippen molar-refractivity contribution >= 4 is 24.2 Å². The van der Waals surface area contributed by atoms with Crippen LogP contribution in [0.1, 0.15) is 22.8 Å². The van der Waals surface area contributed by atoms with Crippen molar-refractivity contribution in [2.45, 2.75) is 13.3 Å². The average molecular weight is 314 g/mol. The summed E-state index contributed by atoms with van der Waals surface area (Å²) >= 11 is 0. The van der Waals surface area contributed by atoms with Gasteiger partial charge < -0.3 is 16.0 Å². The first-order valence-corrected chi connectivity index (χ1v) is 6.81. The summed E-state index contributed by atoms with van der Waals surface area (Å²) in [5.74, 6) is -0.0995. The van der Waals surface area contributed by atoms with Crippen LogP contribution in [0, 0.1) is 5.92 Å². The van der Waals surface area contributed by atoms with Crippen molar-refractivity contribution < 1.29 is 9.59 Å². The monoisotopic (exact) mass is 313 g/mol. The molecular formula is C15H24ClN3O2. The maximum atomic E-state index is 11.7. The Kier molecular flexibility index (Phi) is 9.41. The van der Waals surface area contributed by atoms with E-state index in [1.165, 1.54) is 0 Å². The van der Waals surface area contributed by atoms with Crippen molar-refractivity contribution in [3.63, 3.8) is 0 Å². The van der Waals surface area contributed by atoms with Crippen molar-refractivity contribution in [2.75, 3.05) is 27.2 Å². The molecule has 0 bridgehead atoms. The Morgan fingerprint density at radius 2 is 1.95 bits per heavy atom. The van der Waals surface area contributed by atoms with E-state index in [9.17, 15) is 9.59 Å². The van der Waals surface area contributed by atoms with Gasteiger partial charge in [-0.1, -0.05) is 19.1 Å². The highest BCUT2D eigenvalue weighted by Gasteiger charge is 2.10. The number of halogens is 1. The Labute approximate surface area is 132 Å². The van der Waals surface area contributed by atoms with Crippen LogP contribution in [0.15, 0.2) is 24.3 Å². The third-order valence-corrected chi connectivity index (χ3v) is 3.09. The minimum atomic E-state index is -0.0986. The van der Waals surface area contributed by atoms with Crippen molar-refractivity contribution in [1.82, 2.24) is 16.0 Å². The van der Waals surface area contributed by atoms with Gasteiger partial charge in [-0.15, -0.1) is 12.4 Å². The average Bonchev–Trinajstić information content (AvgIpc) is 2.46. The van der Waals surface area contributed by atoms with E-state index in [-0.39, 0.29) is 30.1 Å². The minimum absolute atomic E-state index is 0. The van der Waals surface area contributed by atoms with E-state index >= 15 is 0 Å². The molecule has 0 saturated carbocycles. The summed E-state index contributed by atoms with van der Waals surface area (Å²) in [4.78, 5) is 23.3. The maximum absolute atomic E-state index is 11.7. The number of hydrogen-bond acceptors (Lipinski definition) is 3. The third kappa shape index (κ3) is 6.60. The van der Waals surface area contributed by atoms with Crippen LogP contribution in [0.3, 0.4) is 0 Å². The van der Waals surface area contributed by atoms with Crippen LogP contribution in [0.2, 0.25) is 0 Å². The van der Waals surface area contributed by atoms with Gasteiger partial charge in [0.2, 0.25) is 5.91 Å². The predicted octanol–water partition coefficient (Wildman–Crippen LogP) is 0.982. The lowest BCUT2D eigenvalue weighted by molar-refractivity contribution is -0.124. The molecule has 1 aromatic rings. The number of nitrogens with one attached hydrogen (secondary N) is 3. The summed E-state index contributed by atoms with van der Waals surface area (Å²) in [5.41, 5.74) is 1.67. The SMILES string of the molecule is CNCC(C)C(=O)NCCc1cccc(C(=O)NC)c1.Cl. The highest BCUT2D eigenvalue weighted by atomic mass is 35.5. The molecule has 0 radical (unpaired) electrons. The van der Waals surface area contributed by atoms with Gasteiger partial charge >= 0.3 is 0 Å². The van der Waals surface area contributed by atoms with Crippen LogP contribution in [0.4, 0.5) is 0 Å². The molecule has 0 aromatic heterocycles. The van der Waals surface area contributed by atoms with E-state index in [1.54, 1.807) is 13.1 Å². The lowest BCUT2D eigenvalue weighted by Crippen LogP contribution is -2.35. The highest BCUT2D eigenvalue weighted by molar-refractivity contribution is 5.94. The number of carbonyl (C=O) groups is 2. The zero-order valence-electron chi connectivity index (χ0n) is 12.7. The number of benzene rings is 1. The summed E-state index contributed by atoms with van der Waals surface area (Å²) in [5, 5.41) is 8.47. The Morgan fingerprint density at radius 3 is 2.57 bits per heavy atom. The Morgan fingerprint density at radius 1 is 1.24 bits per heavy atom. The smallest absolute Gasteiger partial charge is 0.251 e. The van der Waals surface area contributed by atoms with Crippen LogP contribution in [0.5, 0.6) is 0 Å². The molecule has 0 aliphatic heterocycles. The molecule has 0 fully saturated rings. The molecule has 6 heteroatoms. The first-order valence-electron chi connectivity index (χ1n) is 6.81. The zero-order valence-corrected chi connectivity index (χ0v) is 13.5. The van der Waals surface area contributed by atoms with Crippen LogP contribution < -0.4 is 16.0 Å². The normalized spacial score (nSPS) is 11.2. The largest absolute Gasteiger partial charge is 0.355 e. The standard InChI is InChI=1S/C15H23N3O2.ClH/c1-11(10-16-2)14(19)18-8-7-12-5-4-6-13(9-12)15(20)17-3;/h4-6,9,11,16H,7-8,10H2,1-3H3,(H,17,20)(H,18,19);1H. The number of rotatable bonds is 7. The molecule has 1 aromatic carbocycles. The second-order valence-corrected chi connectivity index (χ2v) is 4.78. The summed E-state index contributed by atoms with van der Waals surface area (Å²) < 4.78 is 0. The topological polar surface area (TPSA) is 70.2 Å². The fraction of sp³-hybridized carbons (Fsp3) is 0.467. The number of amides is 2. The fourth-order valence-corrected chi connectivity index (χ4v) is 1.92. The molecule has 1 rings (SSSR count). The molecule has 5 nitrogen and oxygen atoms in total. The van der Waals surface area contributed by atoms with Gasteiger partial charge in [0.1, 0.15) is 0 Å². The van der Waals surface area contributed by atoms with E-state index in [0.29, 0.717) is 25.1 Å². The van der Waals surface area contributed by atoms with E-state index in [4.69, 9.17) is 0 Å². The minimum Gasteiger partial charge on any atom is -0.355 e.